The van der Waals surface area contributed by atoms with Crippen LogP contribution in [0, 0.1) is 0 Å². The summed E-state index contributed by atoms with van der Waals surface area (Å²) in [6, 6.07) is 0. The van der Waals surface area contributed by atoms with Crippen molar-refractivity contribution in [3.63, 3.8) is 0 Å². The lowest BCUT2D eigenvalue weighted by atomic mass is 10.2. The van der Waals surface area contributed by atoms with Crippen molar-refractivity contribution in [3.05, 3.63) is 11.5 Å². The van der Waals surface area contributed by atoms with E-state index in [2.05, 4.69) is 4.90 Å². The van der Waals surface area contributed by atoms with Crippen molar-refractivity contribution >= 4 is 17.5 Å². The first kappa shape index (κ1) is 9.28. The predicted molar refractivity (Wildman–Crippen MR) is 55.6 cm³/mol. The molecule has 13 heavy (non-hydrogen) atoms. The van der Waals surface area contributed by atoms with Gasteiger partial charge in [-0.1, -0.05) is 12.8 Å². The molecule has 1 unspecified atom stereocenters. The molecule has 0 amide bonds. The fourth-order valence-corrected chi connectivity index (χ4v) is 3.00. The Morgan fingerprint density at radius 1 is 1.38 bits per heavy atom. The molecule has 0 aromatic rings. The van der Waals surface area contributed by atoms with Gasteiger partial charge in [-0.2, -0.15) is 0 Å². The van der Waals surface area contributed by atoms with Gasteiger partial charge in [-0.15, -0.1) is 11.8 Å². The fraction of sp³-hybridized carbons (Fsp3) is 0.700. The zero-order chi connectivity index (χ0) is 9.10. The van der Waals surface area contributed by atoms with E-state index in [1.54, 1.807) is 6.08 Å². The minimum absolute atomic E-state index is 0.261. The van der Waals surface area contributed by atoms with Gasteiger partial charge in [-0.05, 0) is 30.9 Å². The van der Waals surface area contributed by atoms with E-state index in [-0.39, 0.29) is 5.78 Å². The fourth-order valence-electron chi connectivity index (χ4n) is 1.93. The highest BCUT2D eigenvalue weighted by atomic mass is 32.2. The first-order chi connectivity index (χ1) is 6.36. The lowest BCUT2D eigenvalue weighted by Crippen LogP contribution is -2.35. The van der Waals surface area contributed by atoms with Crippen molar-refractivity contribution in [1.29, 1.82) is 0 Å². The topological polar surface area (TPSA) is 20.3 Å². The Bertz CT molecular complexity index is 227. The van der Waals surface area contributed by atoms with E-state index in [0.717, 1.165) is 6.54 Å². The normalized spacial score (nSPS) is 30.8. The van der Waals surface area contributed by atoms with Gasteiger partial charge in [0.05, 0.1) is 11.9 Å². The third-order valence-electron chi connectivity index (χ3n) is 2.65. The van der Waals surface area contributed by atoms with E-state index < -0.39 is 0 Å². The molecule has 0 aliphatic carbocycles. The largest absolute Gasteiger partial charge is 0.293 e. The first-order valence-electron chi connectivity index (χ1n) is 4.95. The monoisotopic (exact) mass is 197 g/mol. The molecule has 0 saturated carbocycles. The quantitative estimate of drug-likeness (QED) is 0.592. The molecular formula is C10H15NOS. The molecule has 3 heteroatoms. The summed E-state index contributed by atoms with van der Waals surface area (Å²) in [6.45, 7) is 1.74. The van der Waals surface area contributed by atoms with E-state index >= 15 is 0 Å². The van der Waals surface area contributed by atoms with Crippen molar-refractivity contribution in [3.8, 4) is 0 Å². The van der Waals surface area contributed by atoms with Gasteiger partial charge in [0, 0.05) is 0 Å². The number of thioether (sulfide) groups is 1. The van der Waals surface area contributed by atoms with Crippen molar-refractivity contribution in [2.24, 2.45) is 0 Å². The maximum absolute atomic E-state index is 11.3. The van der Waals surface area contributed by atoms with Gasteiger partial charge < -0.3 is 0 Å². The van der Waals surface area contributed by atoms with E-state index in [1.807, 2.05) is 17.2 Å². The number of rotatable bonds is 0. The maximum Gasteiger partial charge on any atom is 0.170 e. The van der Waals surface area contributed by atoms with E-state index in [0.29, 0.717) is 11.9 Å². The summed E-state index contributed by atoms with van der Waals surface area (Å²) in [6.07, 6.45) is 6.85. The van der Waals surface area contributed by atoms with Gasteiger partial charge in [-0.3, -0.25) is 9.69 Å². The standard InChI is InChI=1S/C10H15NOS/c12-9-5-7-13-10-4-2-1-3-6-11(10)8-9/h5,7,10H,1-4,6,8H2. The molecule has 2 heterocycles. The van der Waals surface area contributed by atoms with E-state index in [1.165, 1.54) is 25.7 Å². The van der Waals surface area contributed by atoms with E-state index in [9.17, 15) is 4.79 Å². The van der Waals surface area contributed by atoms with Gasteiger partial charge in [-0.25, -0.2) is 0 Å². The second-order valence-electron chi connectivity index (χ2n) is 3.68. The van der Waals surface area contributed by atoms with Crippen LogP contribution in [0.15, 0.2) is 11.5 Å². The van der Waals surface area contributed by atoms with Gasteiger partial charge in [0.2, 0.25) is 0 Å². The second-order valence-corrected chi connectivity index (χ2v) is 4.77. The molecule has 0 spiro atoms. The number of nitrogens with zero attached hydrogens (tertiary/aromatic N) is 1. The molecule has 1 atom stereocenters. The zero-order valence-corrected chi connectivity index (χ0v) is 8.55. The summed E-state index contributed by atoms with van der Waals surface area (Å²) in [7, 11) is 0. The summed E-state index contributed by atoms with van der Waals surface area (Å²) < 4.78 is 0. The Hall–Kier alpha value is -0.280. The Kier molecular flexibility index (Phi) is 3.06. The van der Waals surface area contributed by atoms with Crippen LogP contribution in [0.25, 0.3) is 0 Å². The highest BCUT2D eigenvalue weighted by Crippen LogP contribution is 2.27. The molecule has 0 radical (unpaired) electrons. The van der Waals surface area contributed by atoms with Crippen LogP contribution in [0.1, 0.15) is 25.7 Å². The summed E-state index contributed by atoms with van der Waals surface area (Å²) in [5, 5.41) is 2.53. The van der Waals surface area contributed by atoms with Gasteiger partial charge in [0.1, 0.15) is 0 Å². The molecule has 1 fully saturated rings. The van der Waals surface area contributed by atoms with Gasteiger partial charge >= 0.3 is 0 Å². The highest BCUT2D eigenvalue weighted by Gasteiger charge is 2.23. The van der Waals surface area contributed by atoms with E-state index in [4.69, 9.17) is 0 Å². The molecule has 72 valence electrons. The lowest BCUT2D eigenvalue weighted by molar-refractivity contribution is -0.115. The van der Waals surface area contributed by atoms with Crippen molar-refractivity contribution in [2.75, 3.05) is 13.1 Å². The smallest absolute Gasteiger partial charge is 0.170 e. The molecule has 2 rings (SSSR count). The summed E-state index contributed by atoms with van der Waals surface area (Å²) in [4.78, 5) is 13.6. The number of carbonyl (C=O) groups is 1. The van der Waals surface area contributed by atoms with Gasteiger partial charge in [0.15, 0.2) is 5.78 Å². The van der Waals surface area contributed by atoms with Crippen LogP contribution >= 0.6 is 11.8 Å². The highest BCUT2D eigenvalue weighted by molar-refractivity contribution is 8.02. The number of ketones is 1. The number of hydrogen-bond acceptors (Lipinski definition) is 3. The van der Waals surface area contributed by atoms with Crippen LogP contribution in [-0.2, 0) is 4.79 Å². The Morgan fingerprint density at radius 3 is 3.23 bits per heavy atom. The van der Waals surface area contributed by atoms with Crippen molar-refractivity contribution in [1.82, 2.24) is 4.90 Å². The molecule has 2 nitrogen and oxygen atoms in total. The van der Waals surface area contributed by atoms with Crippen molar-refractivity contribution in [2.45, 2.75) is 31.1 Å². The molecule has 0 aromatic heterocycles. The number of hydrogen-bond donors (Lipinski definition) is 0. The Labute approximate surface area is 83.4 Å². The average Bonchev–Trinajstić information content (AvgIpc) is 2.38. The average molecular weight is 197 g/mol. The van der Waals surface area contributed by atoms with Crippen LogP contribution in [-0.4, -0.2) is 29.1 Å². The summed E-state index contributed by atoms with van der Waals surface area (Å²) >= 11 is 1.81. The molecular weight excluding hydrogens is 182 g/mol. The first-order valence-corrected chi connectivity index (χ1v) is 5.89. The number of carbonyl (C=O) groups excluding carboxylic acids is 1. The molecule has 2 aliphatic rings. The van der Waals surface area contributed by atoms with Crippen LogP contribution < -0.4 is 0 Å². The minimum Gasteiger partial charge on any atom is -0.293 e. The maximum atomic E-state index is 11.3. The van der Waals surface area contributed by atoms with Crippen LogP contribution in [0.3, 0.4) is 0 Å². The number of fused-ring (bicyclic) bond motifs is 1. The van der Waals surface area contributed by atoms with Gasteiger partial charge in [0.25, 0.3) is 0 Å². The summed E-state index contributed by atoms with van der Waals surface area (Å²) in [5.74, 6) is 0.261. The predicted octanol–water partition coefficient (Wildman–Crippen LogP) is 2.02. The summed E-state index contributed by atoms with van der Waals surface area (Å²) in [5.41, 5.74) is 0. The second kappa shape index (κ2) is 4.29. The SMILES string of the molecule is O=C1C=CSC2CCCCCN2C1. The van der Waals surface area contributed by atoms with Crippen LogP contribution in [0.2, 0.25) is 0 Å². The lowest BCUT2D eigenvalue weighted by Gasteiger charge is -2.25. The molecule has 0 N–H and O–H groups in total. The van der Waals surface area contributed by atoms with Crippen molar-refractivity contribution < 1.29 is 4.79 Å². The molecule has 0 bridgehead atoms. The molecule has 1 saturated heterocycles. The third-order valence-corrected chi connectivity index (χ3v) is 3.79. The Balaban J connectivity index is 2.06. The third kappa shape index (κ3) is 2.35. The van der Waals surface area contributed by atoms with Crippen LogP contribution in [0.5, 0.6) is 0 Å². The zero-order valence-electron chi connectivity index (χ0n) is 7.74. The molecule has 2 aliphatic heterocycles. The molecule has 0 aromatic carbocycles. The van der Waals surface area contributed by atoms with Crippen LogP contribution in [0.4, 0.5) is 0 Å². The Morgan fingerprint density at radius 2 is 2.31 bits per heavy atom. The minimum atomic E-state index is 0.261.